The van der Waals surface area contributed by atoms with E-state index in [2.05, 4.69) is 27.0 Å². The number of aromatic nitrogens is 1. The van der Waals surface area contributed by atoms with E-state index >= 15 is 0 Å². The SMILES string of the molecule is Cc1ccc(CNC(=O)c2ccc(N3C[C@H]4C[C@H](C3)[C@H]3CCCC(=O)N3C4)nc2)cc1. The molecule has 6 heteroatoms. The zero-order valence-electron chi connectivity index (χ0n) is 18.1. The summed E-state index contributed by atoms with van der Waals surface area (Å²) in [5.41, 5.74) is 2.87. The molecule has 4 heterocycles. The number of nitrogens with zero attached hydrogens (tertiary/aromatic N) is 3. The van der Waals surface area contributed by atoms with E-state index in [-0.39, 0.29) is 5.91 Å². The van der Waals surface area contributed by atoms with Crippen LogP contribution in [0.25, 0.3) is 0 Å². The van der Waals surface area contributed by atoms with E-state index in [1.165, 1.54) is 12.0 Å². The van der Waals surface area contributed by atoms with Gasteiger partial charge in [0.1, 0.15) is 5.82 Å². The van der Waals surface area contributed by atoms with E-state index in [0.717, 1.165) is 43.9 Å². The van der Waals surface area contributed by atoms with Gasteiger partial charge in [-0.2, -0.15) is 0 Å². The monoisotopic (exact) mass is 418 g/mol. The van der Waals surface area contributed by atoms with Crippen molar-refractivity contribution in [1.82, 2.24) is 15.2 Å². The van der Waals surface area contributed by atoms with Crippen LogP contribution < -0.4 is 10.2 Å². The number of aryl methyl sites for hydroxylation is 1. The maximum absolute atomic E-state index is 12.5. The molecule has 1 aromatic heterocycles. The summed E-state index contributed by atoms with van der Waals surface area (Å²) in [5, 5.41) is 2.97. The van der Waals surface area contributed by atoms with Gasteiger partial charge in [-0.15, -0.1) is 0 Å². The predicted octanol–water partition coefficient (Wildman–Crippen LogP) is 3.16. The smallest absolute Gasteiger partial charge is 0.253 e. The molecule has 0 unspecified atom stereocenters. The molecule has 31 heavy (non-hydrogen) atoms. The number of fused-ring (bicyclic) bond motifs is 4. The van der Waals surface area contributed by atoms with Gasteiger partial charge in [0, 0.05) is 44.8 Å². The molecular formula is C25H30N4O2. The minimum Gasteiger partial charge on any atom is -0.356 e. The van der Waals surface area contributed by atoms with Crippen LogP contribution in [0.15, 0.2) is 42.6 Å². The number of carbonyl (C=O) groups is 2. The van der Waals surface area contributed by atoms with Crippen LogP contribution in [-0.2, 0) is 11.3 Å². The second kappa shape index (κ2) is 8.33. The van der Waals surface area contributed by atoms with Gasteiger partial charge >= 0.3 is 0 Å². The lowest BCUT2D eigenvalue weighted by Gasteiger charge is -2.52. The van der Waals surface area contributed by atoms with Crippen LogP contribution in [0.1, 0.15) is 47.2 Å². The van der Waals surface area contributed by atoms with E-state index in [4.69, 9.17) is 0 Å². The van der Waals surface area contributed by atoms with Crippen LogP contribution in [0.3, 0.4) is 0 Å². The summed E-state index contributed by atoms with van der Waals surface area (Å²) in [7, 11) is 0. The molecule has 2 bridgehead atoms. The molecule has 0 spiro atoms. The third-order valence-electron chi connectivity index (χ3n) is 7.09. The Hall–Kier alpha value is -2.89. The molecule has 0 saturated carbocycles. The van der Waals surface area contributed by atoms with Gasteiger partial charge in [-0.1, -0.05) is 29.8 Å². The average Bonchev–Trinajstić information content (AvgIpc) is 2.79. The zero-order chi connectivity index (χ0) is 21.4. The van der Waals surface area contributed by atoms with Crippen molar-refractivity contribution in [3.63, 3.8) is 0 Å². The standard InChI is InChI=1S/C25H30N4O2/c1-17-5-7-18(8-6-17)12-27-25(31)20-9-10-23(26-13-20)28-14-19-11-21(16-28)22-3-2-4-24(30)29(22)15-19/h5-10,13,19,21-22H,2-4,11-12,14-16H2,1H3,(H,27,31)/t19-,21-,22-/m1/s1. The number of benzene rings is 1. The van der Waals surface area contributed by atoms with Gasteiger partial charge in [-0.3, -0.25) is 9.59 Å². The van der Waals surface area contributed by atoms with Crippen molar-refractivity contribution in [2.24, 2.45) is 11.8 Å². The Bertz CT molecular complexity index is 956. The van der Waals surface area contributed by atoms with Crippen molar-refractivity contribution in [1.29, 1.82) is 0 Å². The lowest BCUT2D eigenvalue weighted by atomic mass is 9.76. The zero-order valence-corrected chi connectivity index (χ0v) is 18.1. The number of amides is 2. The molecule has 1 aromatic carbocycles. The number of anilines is 1. The Morgan fingerprint density at radius 1 is 1.13 bits per heavy atom. The Morgan fingerprint density at radius 2 is 1.97 bits per heavy atom. The van der Waals surface area contributed by atoms with Crippen LogP contribution in [0.2, 0.25) is 0 Å². The summed E-state index contributed by atoms with van der Waals surface area (Å²) in [6.07, 6.45) is 5.76. The number of nitrogens with one attached hydrogen (secondary N) is 1. The number of piperidine rings is 3. The molecular weight excluding hydrogens is 388 g/mol. The lowest BCUT2D eigenvalue weighted by molar-refractivity contribution is -0.142. The lowest BCUT2D eigenvalue weighted by Crippen LogP contribution is -2.60. The molecule has 2 aromatic rings. The fourth-order valence-corrected chi connectivity index (χ4v) is 5.49. The van der Waals surface area contributed by atoms with Crippen molar-refractivity contribution < 1.29 is 9.59 Å². The highest BCUT2D eigenvalue weighted by molar-refractivity contribution is 5.94. The minimum absolute atomic E-state index is 0.105. The van der Waals surface area contributed by atoms with Gasteiger partial charge in [0.2, 0.25) is 5.91 Å². The predicted molar refractivity (Wildman–Crippen MR) is 120 cm³/mol. The molecule has 162 valence electrons. The van der Waals surface area contributed by atoms with Crippen molar-refractivity contribution in [3.8, 4) is 0 Å². The molecule has 3 atom stereocenters. The summed E-state index contributed by atoms with van der Waals surface area (Å²) in [4.78, 5) is 34.0. The fraction of sp³-hybridized carbons (Fsp3) is 0.480. The van der Waals surface area contributed by atoms with Gasteiger partial charge in [-0.25, -0.2) is 4.98 Å². The van der Waals surface area contributed by atoms with Gasteiger partial charge in [0.05, 0.1) is 5.56 Å². The molecule has 6 nitrogen and oxygen atoms in total. The largest absolute Gasteiger partial charge is 0.356 e. The van der Waals surface area contributed by atoms with Crippen LogP contribution in [-0.4, -0.2) is 47.4 Å². The number of carbonyl (C=O) groups excluding carboxylic acids is 2. The van der Waals surface area contributed by atoms with Crippen molar-refractivity contribution >= 4 is 17.6 Å². The average molecular weight is 419 g/mol. The second-order valence-corrected chi connectivity index (χ2v) is 9.35. The van der Waals surface area contributed by atoms with Gasteiger partial charge in [0.25, 0.3) is 5.91 Å². The highest BCUT2D eigenvalue weighted by Gasteiger charge is 2.44. The summed E-state index contributed by atoms with van der Waals surface area (Å²) < 4.78 is 0. The number of rotatable bonds is 4. The summed E-state index contributed by atoms with van der Waals surface area (Å²) in [6, 6.07) is 12.4. The fourth-order valence-electron chi connectivity index (χ4n) is 5.49. The highest BCUT2D eigenvalue weighted by Crippen LogP contribution is 2.38. The molecule has 0 radical (unpaired) electrons. The number of hydrogen-bond donors (Lipinski definition) is 1. The third kappa shape index (κ3) is 4.16. The summed E-state index contributed by atoms with van der Waals surface area (Å²) >= 11 is 0. The van der Waals surface area contributed by atoms with Crippen LogP contribution in [0, 0.1) is 18.8 Å². The molecule has 2 amide bonds. The van der Waals surface area contributed by atoms with E-state index in [0.29, 0.717) is 42.3 Å². The van der Waals surface area contributed by atoms with Gasteiger partial charge in [0.15, 0.2) is 0 Å². The summed E-state index contributed by atoms with van der Waals surface area (Å²) in [5.74, 6) is 2.21. The normalized spacial score (nSPS) is 25.2. The first-order valence-electron chi connectivity index (χ1n) is 11.4. The molecule has 0 aliphatic carbocycles. The first kappa shape index (κ1) is 20.0. The van der Waals surface area contributed by atoms with E-state index in [1.54, 1.807) is 6.20 Å². The minimum atomic E-state index is -0.105. The summed E-state index contributed by atoms with van der Waals surface area (Å²) in [6.45, 7) is 5.31. The maximum Gasteiger partial charge on any atom is 0.253 e. The van der Waals surface area contributed by atoms with Crippen LogP contribution in [0.5, 0.6) is 0 Å². The Kier molecular flexibility index (Phi) is 5.38. The van der Waals surface area contributed by atoms with Crippen molar-refractivity contribution in [3.05, 3.63) is 59.3 Å². The molecule has 1 N–H and O–H groups in total. The number of hydrogen-bond acceptors (Lipinski definition) is 4. The molecule has 3 fully saturated rings. The van der Waals surface area contributed by atoms with Crippen LogP contribution in [0.4, 0.5) is 5.82 Å². The Balaban J connectivity index is 1.21. The van der Waals surface area contributed by atoms with Crippen molar-refractivity contribution in [2.45, 2.75) is 45.2 Å². The van der Waals surface area contributed by atoms with Gasteiger partial charge in [-0.05, 0) is 55.7 Å². The molecule has 5 rings (SSSR count). The van der Waals surface area contributed by atoms with Crippen molar-refractivity contribution in [2.75, 3.05) is 24.5 Å². The molecule has 3 saturated heterocycles. The topological polar surface area (TPSA) is 65.5 Å². The Morgan fingerprint density at radius 3 is 2.74 bits per heavy atom. The highest BCUT2D eigenvalue weighted by atomic mass is 16.2. The maximum atomic E-state index is 12.5. The van der Waals surface area contributed by atoms with E-state index in [9.17, 15) is 9.59 Å². The Labute approximate surface area is 183 Å². The third-order valence-corrected chi connectivity index (χ3v) is 7.09. The first-order chi connectivity index (χ1) is 15.1. The van der Waals surface area contributed by atoms with Crippen LogP contribution >= 0.6 is 0 Å². The first-order valence-corrected chi connectivity index (χ1v) is 11.4. The number of pyridine rings is 1. The van der Waals surface area contributed by atoms with E-state index in [1.807, 2.05) is 36.4 Å². The van der Waals surface area contributed by atoms with E-state index < -0.39 is 0 Å². The molecule has 3 aliphatic rings. The molecule has 3 aliphatic heterocycles. The van der Waals surface area contributed by atoms with Gasteiger partial charge < -0.3 is 15.1 Å². The second-order valence-electron chi connectivity index (χ2n) is 9.35. The quantitative estimate of drug-likeness (QED) is 0.828.